The molecule has 174 valence electrons. The minimum absolute atomic E-state index is 0.0772. The van der Waals surface area contributed by atoms with E-state index < -0.39 is 0 Å². The van der Waals surface area contributed by atoms with E-state index in [1.54, 1.807) is 0 Å². The van der Waals surface area contributed by atoms with Crippen molar-refractivity contribution < 1.29 is 9.53 Å². The second-order valence-corrected chi connectivity index (χ2v) is 9.12. The quantitative estimate of drug-likeness (QED) is 0.475. The topological polar surface area (TPSA) is 70.6 Å². The third-order valence-corrected chi connectivity index (χ3v) is 6.54. The molecule has 0 atom stereocenters. The summed E-state index contributed by atoms with van der Waals surface area (Å²) in [6.07, 6.45) is 0.711. The van der Waals surface area contributed by atoms with Crippen LogP contribution in [-0.2, 0) is 22.6 Å². The molecule has 0 unspecified atom stereocenters. The van der Waals surface area contributed by atoms with E-state index in [-0.39, 0.29) is 12.5 Å². The molecule has 1 fully saturated rings. The van der Waals surface area contributed by atoms with Crippen LogP contribution in [0, 0.1) is 0 Å². The molecular formula is C24H28ClN5O2S. The van der Waals surface area contributed by atoms with Gasteiger partial charge in [0, 0.05) is 62.2 Å². The summed E-state index contributed by atoms with van der Waals surface area (Å²) in [5.41, 5.74) is 2.22. The summed E-state index contributed by atoms with van der Waals surface area (Å²) >= 11 is 7.41. The van der Waals surface area contributed by atoms with Gasteiger partial charge in [-0.1, -0.05) is 54.1 Å². The van der Waals surface area contributed by atoms with Crippen molar-refractivity contribution in [3.05, 3.63) is 76.6 Å². The largest absolute Gasteiger partial charge is 0.367 e. The molecular weight excluding hydrogens is 458 g/mol. The molecule has 1 amide bonds. The van der Waals surface area contributed by atoms with E-state index in [0.29, 0.717) is 19.6 Å². The number of nitrogens with zero attached hydrogens (tertiary/aromatic N) is 4. The van der Waals surface area contributed by atoms with Crippen molar-refractivity contribution in [1.29, 1.82) is 0 Å². The molecule has 1 aromatic heterocycles. The van der Waals surface area contributed by atoms with Crippen molar-refractivity contribution in [2.75, 3.05) is 50.8 Å². The number of hydrogen-bond acceptors (Lipinski definition) is 7. The molecule has 33 heavy (non-hydrogen) atoms. The molecule has 0 aliphatic carbocycles. The van der Waals surface area contributed by atoms with Crippen LogP contribution in [0.4, 0.5) is 5.13 Å². The lowest BCUT2D eigenvalue weighted by Gasteiger charge is -2.34. The number of halogens is 1. The zero-order valence-electron chi connectivity index (χ0n) is 18.5. The van der Waals surface area contributed by atoms with Gasteiger partial charge in [-0.05, 0) is 23.3 Å². The van der Waals surface area contributed by atoms with Crippen molar-refractivity contribution in [2.24, 2.45) is 0 Å². The van der Waals surface area contributed by atoms with E-state index in [9.17, 15) is 4.79 Å². The second kappa shape index (κ2) is 12.1. The zero-order chi connectivity index (χ0) is 22.9. The fourth-order valence-electron chi connectivity index (χ4n) is 3.63. The van der Waals surface area contributed by atoms with Crippen molar-refractivity contribution in [2.45, 2.75) is 13.0 Å². The lowest BCUT2D eigenvalue weighted by Crippen LogP contribution is -2.48. The molecule has 3 aromatic rings. The first-order chi connectivity index (χ1) is 16.2. The molecule has 0 spiro atoms. The minimum Gasteiger partial charge on any atom is -0.367 e. The molecule has 1 N–H and O–H groups in total. The van der Waals surface area contributed by atoms with Gasteiger partial charge in [0.1, 0.15) is 12.4 Å². The number of anilines is 1. The predicted octanol–water partition coefficient (Wildman–Crippen LogP) is 3.24. The summed E-state index contributed by atoms with van der Waals surface area (Å²) in [6.45, 7) is 5.67. The van der Waals surface area contributed by atoms with Crippen molar-refractivity contribution in [1.82, 2.24) is 19.6 Å². The molecule has 0 radical (unpaired) electrons. The lowest BCUT2D eigenvalue weighted by molar-refractivity contribution is -0.126. The van der Waals surface area contributed by atoms with Gasteiger partial charge in [0.2, 0.25) is 11.0 Å². The normalized spacial score (nSPS) is 14.4. The number of nitrogens with one attached hydrogen (secondary N) is 1. The van der Waals surface area contributed by atoms with Gasteiger partial charge in [0.15, 0.2) is 0 Å². The van der Waals surface area contributed by atoms with Crippen molar-refractivity contribution >= 4 is 34.2 Å². The maximum absolute atomic E-state index is 12.0. The number of amides is 1. The Balaban J connectivity index is 1.11. The van der Waals surface area contributed by atoms with Crippen LogP contribution < -0.4 is 10.2 Å². The summed E-state index contributed by atoms with van der Waals surface area (Å²) in [5.74, 6) is 0.767. The van der Waals surface area contributed by atoms with E-state index >= 15 is 0 Å². The number of ether oxygens (including phenoxy) is 1. The molecule has 4 rings (SSSR count). The van der Waals surface area contributed by atoms with Crippen LogP contribution in [0.15, 0.2) is 54.6 Å². The van der Waals surface area contributed by atoms with Gasteiger partial charge < -0.3 is 15.0 Å². The first-order valence-corrected chi connectivity index (χ1v) is 12.2. The van der Waals surface area contributed by atoms with E-state index in [2.05, 4.69) is 19.5 Å². The molecule has 7 nitrogen and oxygen atoms in total. The molecule has 1 aliphatic rings. The van der Waals surface area contributed by atoms with Crippen molar-refractivity contribution in [3.63, 3.8) is 0 Å². The number of carbonyl (C=O) groups excluding carboxylic acids is 1. The van der Waals surface area contributed by atoms with Gasteiger partial charge in [-0.15, -0.1) is 0 Å². The van der Waals surface area contributed by atoms with Crippen LogP contribution in [0.1, 0.15) is 17.0 Å². The average Bonchev–Trinajstić information content (AvgIpc) is 3.30. The summed E-state index contributed by atoms with van der Waals surface area (Å²) in [4.78, 5) is 21.3. The Morgan fingerprint density at radius 3 is 2.55 bits per heavy atom. The van der Waals surface area contributed by atoms with Gasteiger partial charge in [-0.3, -0.25) is 9.69 Å². The van der Waals surface area contributed by atoms with Gasteiger partial charge in [-0.2, -0.15) is 4.37 Å². The average molecular weight is 486 g/mol. The Kier molecular flexibility index (Phi) is 8.65. The third kappa shape index (κ3) is 7.50. The van der Waals surface area contributed by atoms with E-state index in [1.165, 1.54) is 11.5 Å². The monoisotopic (exact) mass is 485 g/mol. The van der Waals surface area contributed by atoms with Gasteiger partial charge >= 0.3 is 0 Å². The van der Waals surface area contributed by atoms with Crippen LogP contribution in [0.5, 0.6) is 0 Å². The van der Waals surface area contributed by atoms with Crippen molar-refractivity contribution in [3.8, 4) is 0 Å². The number of piperazine rings is 1. The Morgan fingerprint density at radius 2 is 1.79 bits per heavy atom. The molecule has 0 saturated carbocycles. The van der Waals surface area contributed by atoms with E-state index in [0.717, 1.165) is 59.8 Å². The predicted molar refractivity (Wildman–Crippen MR) is 132 cm³/mol. The maximum atomic E-state index is 12.0. The Hall–Kier alpha value is -2.52. The van der Waals surface area contributed by atoms with Crippen LogP contribution >= 0.6 is 23.1 Å². The summed E-state index contributed by atoms with van der Waals surface area (Å²) in [7, 11) is 0. The van der Waals surface area contributed by atoms with Crippen LogP contribution in [0.2, 0.25) is 5.02 Å². The second-order valence-electron chi connectivity index (χ2n) is 7.95. The number of hydrogen-bond donors (Lipinski definition) is 1. The lowest BCUT2D eigenvalue weighted by atomic mass is 10.1. The number of carbonyl (C=O) groups is 1. The molecule has 9 heteroatoms. The molecule has 1 saturated heterocycles. The fourth-order valence-corrected chi connectivity index (χ4v) is 4.50. The third-order valence-electron chi connectivity index (χ3n) is 5.47. The summed E-state index contributed by atoms with van der Waals surface area (Å²) in [6, 6.07) is 17.7. The zero-order valence-corrected chi connectivity index (χ0v) is 20.0. The SMILES string of the molecule is O=C(COCc1ccccc1)NCCN1CCN(c2nc(Cc3ccc(Cl)cc3)ns2)CC1. The number of rotatable bonds is 10. The highest BCUT2D eigenvalue weighted by Gasteiger charge is 2.20. The summed E-state index contributed by atoms with van der Waals surface area (Å²) < 4.78 is 10.0. The fraction of sp³-hybridized carbons (Fsp3) is 0.375. The smallest absolute Gasteiger partial charge is 0.246 e. The Morgan fingerprint density at radius 1 is 1.03 bits per heavy atom. The highest BCUT2D eigenvalue weighted by atomic mass is 35.5. The van der Waals surface area contributed by atoms with E-state index in [1.807, 2.05) is 54.6 Å². The minimum atomic E-state index is -0.0772. The molecule has 0 bridgehead atoms. The molecule has 1 aliphatic heterocycles. The van der Waals surface area contributed by atoms with E-state index in [4.69, 9.17) is 21.3 Å². The maximum Gasteiger partial charge on any atom is 0.246 e. The van der Waals surface area contributed by atoms with Gasteiger partial charge in [0.05, 0.1) is 6.61 Å². The highest BCUT2D eigenvalue weighted by Crippen LogP contribution is 2.21. The standard InChI is InChI=1S/C24H28ClN5O2S/c25-21-8-6-19(7-9-21)16-22-27-24(33-28-22)30-14-12-29(13-15-30)11-10-26-23(31)18-32-17-20-4-2-1-3-5-20/h1-9H,10-18H2,(H,26,31). The first-order valence-electron chi connectivity index (χ1n) is 11.1. The van der Waals surface area contributed by atoms with Crippen LogP contribution in [0.25, 0.3) is 0 Å². The summed E-state index contributed by atoms with van der Waals surface area (Å²) in [5, 5.41) is 4.65. The van der Waals surface area contributed by atoms with Crippen LogP contribution in [0.3, 0.4) is 0 Å². The Bertz CT molecular complexity index is 1010. The van der Waals surface area contributed by atoms with Gasteiger partial charge in [-0.25, -0.2) is 4.98 Å². The number of benzene rings is 2. The van der Waals surface area contributed by atoms with Gasteiger partial charge in [0.25, 0.3) is 0 Å². The first kappa shape index (κ1) is 23.6. The molecule has 2 heterocycles. The van der Waals surface area contributed by atoms with Crippen LogP contribution in [-0.4, -0.2) is 66.0 Å². The molecule has 2 aromatic carbocycles. The highest BCUT2D eigenvalue weighted by molar-refractivity contribution is 7.09. The number of aromatic nitrogens is 2. The Labute approximate surface area is 203 Å².